The number of halogens is 2. The van der Waals surface area contributed by atoms with E-state index in [0.717, 1.165) is 0 Å². The van der Waals surface area contributed by atoms with E-state index in [9.17, 15) is 19.2 Å². The highest BCUT2D eigenvalue weighted by Crippen LogP contribution is 2.35. The standard InChI is InChI=1S/C24H24Cl2N2O6/c1-14(2)12-33-23(31)15-6-8-17(9-7-15)27-20(29)13-34-24(32)16-10-21(30)28(11-16)19-5-3-4-18(25)22(19)26/h3-9,14,16H,10-13H2,1-2H3,(H,27,29)/t16-/m0/s1. The van der Waals surface area contributed by atoms with Crippen LogP contribution in [0.5, 0.6) is 0 Å². The summed E-state index contributed by atoms with van der Waals surface area (Å²) in [6.45, 7) is 3.76. The van der Waals surface area contributed by atoms with Gasteiger partial charge in [0.2, 0.25) is 5.91 Å². The number of rotatable bonds is 8. The number of hydrogen-bond donors (Lipinski definition) is 1. The van der Waals surface area contributed by atoms with Crippen molar-refractivity contribution in [2.24, 2.45) is 11.8 Å². The average molecular weight is 507 g/mol. The molecule has 0 unspecified atom stereocenters. The van der Waals surface area contributed by atoms with Crippen LogP contribution in [0.3, 0.4) is 0 Å². The first-order chi connectivity index (χ1) is 16.2. The fourth-order valence-electron chi connectivity index (χ4n) is 3.27. The molecule has 1 atom stereocenters. The monoisotopic (exact) mass is 506 g/mol. The van der Waals surface area contributed by atoms with Gasteiger partial charge in [0.1, 0.15) is 0 Å². The van der Waals surface area contributed by atoms with Crippen LogP contribution in [0.25, 0.3) is 0 Å². The first-order valence-corrected chi connectivity index (χ1v) is 11.4. The van der Waals surface area contributed by atoms with Gasteiger partial charge in [-0.2, -0.15) is 0 Å². The molecule has 0 aromatic heterocycles. The maximum Gasteiger partial charge on any atom is 0.338 e. The Labute approximate surface area is 207 Å². The first-order valence-electron chi connectivity index (χ1n) is 10.6. The minimum Gasteiger partial charge on any atom is -0.462 e. The van der Waals surface area contributed by atoms with Gasteiger partial charge in [0.05, 0.1) is 33.8 Å². The second kappa shape index (κ2) is 11.4. The lowest BCUT2D eigenvalue weighted by Crippen LogP contribution is -2.28. The van der Waals surface area contributed by atoms with Crippen molar-refractivity contribution >= 4 is 58.3 Å². The molecule has 0 radical (unpaired) electrons. The summed E-state index contributed by atoms with van der Waals surface area (Å²) in [6, 6.07) is 11.1. The molecule has 8 nitrogen and oxygen atoms in total. The number of benzene rings is 2. The Hall–Kier alpha value is -3.10. The molecule has 1 fully saturated rings. The summed E-state index contributed by atoms with van der Waals surface area (Å²) in [6.07, 6.45) is -0.0579. The van der Waals surface area contributed by atoms with E-state index in [2.05, 4.69) is 5.32 Å². The summed E-state index contributed by atoms with van der Waals surface area (Å²) in [7, 11) is 0. The number of anilines is 2. The Morgan fingerprint density at radius 3 is 2.47 bits per heavy atom. The fraction of sp³-hybridized carbons (Fsp3) is 0.333. The van der Waals surface area contributed by atoms with Crippen molar-refractivity contribution < 1.29 is 28.7 Å². The number of ether oxygens (including phenoxy) is 2. The normalized spacial score (nSPS) is 15.4. The molecule has 34 heavy (non-hydrogen) atoms. The minimum atomic E-state index is -0.730. The predicted octanol–water partition coefficient (Wildman–Crippen LogP) is 4.34. The predicted molar refractivity (Wildman–Crippen MR) is 128 cm³/mol. The molecule has 2 amide bonds. The van der Waals surface area contributed by atoms with Gasteiger partial charge < -0.3 is 19.7 Å². The largest absolute Gasteiger partial charge is 0.462 e. The Morgan fingerprint density at radius 1 is 1.09 bits per heavy atom. The van der Waals surface area contributed by atoms with Crippen molar-refractivity contribution in [3.63, 3.8) is 0 Å². The molecule has 1 aliphatic heterocycles. The molecule has 0 spiro atoms. The van der Waals surface area contributed by atoms with Crippen LogP contribution in [-0.4, -0.2) is 43.5 Å². The Balaban J connectivity index is 1.48. The molecule has 1 N–H and O–H groups in total. The molecule has 0 aliphatic carbocycles. The first kappa shape index (κ1) is 25.5. The molecule has 1 saturated heterocycles. The van der Waals surface area contributed by atoms with E-state index in [1.54, 1.807) is 30.3 Å². The van der Waals surface area contributed by atoms with Crippen molar-refractivity contribution in [1.29, 1.82) is 0 Å². The third-order valence-corrected chi connectivity index (χ3v) is 5.79. The van der Waals surface area contributed by atoms with Crippen LogP contribution in [-0.2, 0) is 23.9 Å². The fourth-order valence-corrected chi connectivity index (χ4v) is 3.66. The second-order valence-corrected chi connectivity index (χ2v) is 8.99. The maximum absolute atomic E-state index is 12.4. The van der Waals surface area contributed by atoms with Gasteiger partial charge in [0.25, 0.3) is 5.91 Å². The van der Waals surface area contributed by atoms with E-state index < -0.39 is 30.4 Å². The number of amides is 2. The van der Waals surface area contributed by atoms with Crippen LogP contribution in [0.4, 0.5) is 11.4 Å². The van der Waals surface area contributed by atoms with Crippen LogP contribution in [0, 0.1) is 11.8 Å². The molecule has 180 valence electrons. The van der Waals surface area contributed by atoms with E-state index >= 15 is 0 Å². The van der Waals surface area contributed by atoms with Gasteiger partial charge in [-0.15, -0.1) is 0 Å². The lowest BCUT2D eigenvalue weighted by molar-refractivity contribution is -0.151. The van der Waals surface area contributed by atoms with E-state index in [1.165, 1.54) is 17.0 Å². The van der Waals surface area contributed by atoms with Gasteiger partial charge in [-0.1, -0.05) is 43.1 Å². The Bertz CT molecular complexity index is 1090. The average Bonchev–Trinajstić information content (AvgIpc) is 3.19. The zero-order valence-corrected chi connectivity index (χ0v) is 20.2. The molecule has 1 heterocycles. The van der Waals surface area contributed by atoms with Gasteiger partial charge in [-0.05, 0) is 42.3 Å². The van der Waals surface area contributed by atoms with E-state index in [4.69, 9.17) is 32.7 Å². The van der Waals surface area contributed by atoms with Crippen LogP contribution in [0.1, 0.15) is 30.6 Å². The molecule has 10 heteroatoms. The summed E-state index contributed by atoms with van der Waals surface area (Å²) in [4.78, 5) is 50.3. The molecular weight excluding hydrogens is 483 g/mol. The lowest BCUT2D eigenvalue weighted by atomic mass is 10.1. The summed E-state index contributed by atoms with van der Waals surface area (Å²) >= 11 is 12.2. The molecule has 3 rings (SSSR count). The molecule has 1 aliphatic rings. The van der Waals surface area contributed by atoms with Gasteiger partial charge in [-0.25, -0.2) is 4.79 Å². The van der Waals surface area contributed by atoms with Gasteiger partial charge in [0.15, 0.2) is 6.61 Å². The minimum absolute atomic E-state index is 0.0579. The number of carbonyl (C=O) groups excluding carboxylic acids is 4. The van der Waals surface area contributed by atoms with Crippen LogP contribution >= 0.6 is 23.2 Å². The topological polar surface area (TPSA) is 102 Å². The third kappa shape index (κ3) is 6.48. The molecular formula is C24H24Cl2N2O6. The summed E-state index contributed by atoms with van der Waals surface area (Å²) in [5.41, 5.74) is 1.21. The number of esters is 2. The SMILES string of the molecule is CC(C)COC(=O)c1ccc(NC(=O)COC(=O)[C@H]2CC(=O)N(c3cccc(Cl)c3Cl)C2)cc1. The van der Waals surface area contributed by atoms with Crippen LogP contribution in [0.2, 0.25) is 10.0 Å². The third-order valence-electron chi connectivity index (χ3n) is 4.98. The Morgan fingerprint density at radius 2 is 1.79 bits per heavy atom. The van der Waals surface area contributed by atoms with Crippen molar-refractivity contribution in [3.8, 4) is 0 Å². The van der Waals surface area contributed by atoms with Gasteiger partial charge in [-0.3, -0.25) is 14.4 Å². The van der Waals surface area contributed by atoms with Crippen LogP contribution in [0.15, 0.2) is 42.5 Å². The van der Waals surface area contributed by atoms with Crippen molar-refractivity contribution in [1.82, 2.24) is 0 Å². The number of carbonyl (C=O) groups is 4. The van der Waals surface area contributed by atoms with Crippen LogP contribution < -0.4 is 10.2 Å². The number of nitrogens with one attached hydrogen (secondary N) is 1. The smallest absolute Gasteiger partial charge is 0.338 e. The van der Waals surface area contributed by atoms with Gasteiger partial charge >= 0.3 is 11.9 Å². The zero-order valence-electron chi connectivity index (χ0n) is 18.7. The maximum atomic E-state index is 12.4. The quantitative estimate of drug-likeness (QED) is 0.534. The number of hydrogen-bond acceptors (Lipinski definition) is 6. The van der Waals surface area contributed by atoms with Crippen molar-refractivity contribution in [2.45, 2.75) is 20.3 Å². The zero-order chi connectivity index (χ0) is 24.8. The lowest BCUT2D eigenvalue weighted by Gasteiger charge is -2.18. The van der Waals surface area contributed by atoms with Crippen molar-refractivity contribution in [2.75, 3.05) is 30.0 Å². The van der Waals surface area contributed by atoms with E-state index in [0.29, 0.717) is 28.6 Å². The molecule has 2 aromatic rings. The molecule has 2 aromatic carbocycles. The highest BCUT2D eigenvalue weighted by Gasteiger charge is 2.37. The van der Waals surface area contributed by atoms with E-state index in [1.807, 2.05) is 13.8 Å². The second-order valence-electron chi connectivity index (χ2n) is 8.20. The van der Waals surface area contributed by atoms with Gasteiger partial charge in [0, 0.05) is 18.7 Å². The molecule has 0 saturated carbocycles. The highest BCUT2D eigenvalue weighted by molar-refractivity contribution is 6.44. The van der Waals surface area contributed by atoms with E-state index in [-0.39, 0.29) is 29.8 Å². The Kier molecular flexibility index (Phi) is 8.52. The summed E-state index contributed by atoms with van der Waals surface area (Å²) < 4.78 is 10.3. The summed E-state index contributed by atoms with van der Waals surface area (Å²) in [5.74, 6) is -2.45. The van der Waals surface area contributed by atoms with Crippen molar-refractivity contribution in [3.05, 3.63) is 58.1 Å². The number of nitrogens with zero attached hydrogens (tertiary/aromatic N) is 1. The molecule has 0 bridgehead atoms. The highest BCUT2D eigenvalue weighted by atomic mass is 35.5. The summed E-state index contributed by atoms with van der Waals surface area (Å²) in [5, 5.41) is 3.11.